The third-order valence-electron chi connectivity index (χ3n) is 4.05. The van der Waals surface area contributed by atoms with Gasteiger partial charge < -0.3 is 16.4 Å². The number of hydrogen-bond acceptors (Lipinski definition) is 3. The summed E-state index contributed by atoms with van der Waals surface area (Å²) in [4.78, 5) is 23.6. The molecule has 2 atom stereocenters. The minimum atomic E-state index is -4.45. The standard InChI is InChI=1S/C16H20F3N3O2.ClH/c17-16(18,19)9-21-15(24)10-4-6-12(7-5-10)22-14(23)8-11-2-1-3-13(11)20;/h4-7,11,13H,1-3,8-9,20H2,(H,21,24)(H,22,23);1H/t11-,13+;/m0./s1. The molecule has 0 radical (unpaired) electrons. The largest absolute Gasteiger partial charge is 0.405 e. The van der Waals surface area contributed by atoms with E-state index < -0.39 is 18.6 Å². The molecule has 0 saturated heterocycles. The molecule has 0 aliphatic heterocycles. The van der Waals surface area contributed by atoms with Crippen molar-refractivity contribution in [1.29, 1.82) is 0 Å². The summed E-state index contributed by atoms with van der Waals surface area (Å²) in [5.74, 6) is -0.800. The van der Waals surface area contributed by atoms with E-state index in [0.717, 1.165) is 19.3 Å². The number of carbonyl (C=O) groups excluding carboxylic acids is 2. The molecule has 1 aliphatic carbocycles. The first-order chi connectivity index (χ1) is 11.2. The van der Waals surface area contributed by atoms with Crippen molar-refractivity contribution < 1.29 is 22.8 Å². The van der Waals surface area contributed by atoms with E-state index in [-0.39, 0.29) is 35.8 Å². The van der Waals surface area contributed by atoms with Crippen LogP contribution in [0.5, 0.6) is 0 Å². The van der Waals surface area contributed by atoms with Crippen molar-refractivity contribution in [3.8, 4) is 0 Å². The van der Waals surface area contributed by atoms with Crippen molar-refractivity contribution in [3.63, 3.8) is 0 Å². The Hall–Kier alpha value is -1.80. The van der Waals surface area contributed by atoms with Gasteiger partial charge in [-0.1, -0.05) is 6.42 Å². The van der Waals surface area contributed by atoms with Crippen molar-refractivity contribution in [3.05, 3.63) is 29.8 Å². The maximum atomic E-state index is 12.1. The van der Waals surface area contributed by atoms with Crippen LogP contribution in [0.4, 0.5) is 18.9 Å². The second-order valence-electron chi connectivity index (χ2n) is 5.98. The van der Waals surface area contributed by atoms with Gasteiger partial charge in [0, 0.05) is 23.7 Å². The lowest BCUT2D eigenvalue weighted by atomic mass is 10.00. The van der Waals surface area contributed by atoms with Crippen molar-refractivity contribution >= 4 is 29.9 Å². The molecule has 9 heteroatoms. The van der Waals surface area contributed by atoms with Crippen LogP contribution in [0.25, 0.3) is 0 Å². The van der Waals surface area contributed by atoms with Gasteiger partial charge in [0.2, 0.25) is 5.91 Å². The lowest BCUT2D eigenvalue weighted by Gasteiger charge is -2.15. The molecule has 0 heterocycles. The minimum Gasteiger partial charge on any atom is -0.343 e. The highest BCUT2D eigenvalue weighted by atomic mass is 35.5. The van der Waals surface area contributed by atoms with Gasteiger partial charge in [-0.25, -0.2) is 0 Å². The summed E-state index contributed by atoms with van der Waals surface area (Å²) in [6.07, 6.45) is -1.22. The van der Waals surface area contributed by atoms with Crippen LogP contribution in [0, 0.1) is 5.92 Å². The maximum Gasteiger partial charge on any atom is 0.405 e. The number of halogens is 4. The van der Waals surface area contributed by atoms with E-state index in [9.17, 15) is 22.8 Å². The van der Waals surface area contributed by atoms with E-state index in [1.165, 1.54) is 24.3 Å². The first kappa shape index (κ1) is 21.2. The number of carbonyl (C=O) groups is 2. The highest BCUT2D eigenvalue weighted by Gasteiger charge is 2.28. The van der Waals surface area contributed by atoms with Gasteiger partial charge in [0.05, 0.1) is 0 Å². The quantitative estimate of drug-likeness (QED) is 0.735. The molecule has 25 heavy (non-hydrogen) atoms. The van der Waals surface area contributed by atoms with E-state index in [2.05, 4.69) is 5.32 Å². The molecule has 2 amide bonds. The summed E-state index contributed by atoms with van der Waals surface area (Å²) in [6.45, 7) is -1.38. The third kappa shape index (κ3) is 6.91. The monoisotopic (exact) mass is 379 g/mol. The molecular weight excluding hydrogens is 359 g/mol. The van der Waals surface area contributed by atoms with E-state index in [1.807, 2.05) is 0 Å². The van der Waals surface area contributed by atoms with E-state index >= 15 is 0 Å². The van der Waals surface area contributed by atoms with Crippen LogP contribution in [0.3, 0.4) is 0 Å². The van der Waals surface area contributed by atoms with Crippen molar-refractivity contribution in [2.45, 2.75) is 37.9 Å². The van der Waals surface area contributed by atoms with Crippen molar-refractivity contribution in [2.24, 2.45) is 11.7 Å². The molecule has 1 saturated carbocycles. The van der Waals surface area contributed by atoms with Gasteiger partial charge in [0.1, 0.15) is 6.54 Å². The molecule has 1 fully saturated rings. The van der Waals surface area contributed by atoms with E-state index in [4.69, 9.17) is 5.73 Å². The van der Waals surface area contributed by atoms with E-state index in [1.54, 1.807) is 5.32 Å². The summed E-state index contributed by atoms with van der Waals surface area (Å²) in [6, 6.07) is 5.74. The molecule has 140 valence electrons. The number of alkyl halides is 3. The average molecular weight is 380 g/mol. The Morgan fingerprint density at radius 3 is 2.32 bits per heavy atom. The molecule has 1 aromatic carbocycles. The molecule has 5 nitrogen and oxygen atoms in total. The number of amides is 2. The molecule has 2 rings (SSSR count). The Bertz CT molecular complexity index is 593. The summed E-state index contributed by atoms with van der Waals surface area (Å²) in [7, 11) is 0. The van der Waals surface area contributed by atoms with Crippen LogP contribution in [0.2, 0.25) is 0 Å². The van der Waals surface area contributed by atoms with Gasteiger partial charge in [-0.3, -0.25) is 9.59 Å². The Kier molecular flexibility index (Phi) is 7.69. The van der Waals surface area contributed by atoms with Gasteiger partial charge >= 0.3 is 6.18 Å². The van der Waals surface area contributed by atoms with E-state index in [0.29, 0.717) is 12.1 Å². The van der Waals surface area contributed by atoms with Crippen LogP contribution < -0.4 is 16.4 Å². The Balaban J connectivity index is 0.00000312. The van der Waals surface area contributed by atoms with Gasteiger partial charge in [-0.2, -0.15) is 13.2 Å². The van der Waals surface area contributed by atoms with Crippen LogP contribution >= 0.6 is 12.4 Å². The maximum absolute atomic E-state index is 12.1. The van der Waals surface area contributed by atoms with Crippen LogP contribution in [-0.2, 0) is 4.79 Å². The zero-order valence-corrected chi connectivity index (χ0v) is 14.3. The molecule has 0 bridgehead atoms. The van der Waals surface area contributed by atoms with Gasteiger partial charge in [0.15, 0.2) is 0 Å². The predicted octanol–water partition coefficient (Wildman–Crippen LogP) is 2.86. The number of benzene rings is 1. The Labute approximate surface area is 149 Å². The van der Waals surface area contributed by atoms with Crippen LogP contribution in [0.1, 0.15) is 36.0 Å². The topological polar surface area (TPSA) is 84.2 Å². The fraction of sp³-hybridized carbons (Fsp3) is 0.500. The van der Waals surface area contributed by atoms with Crippen LogP contribution in [0.15, 0.2) is 24.3 Å². The summed E-state index contributed by atoms with van der Waals surface area (Å²) in [5, 5.41) is 4.49. The van der Waals surface area contributed by atoms with Gasteiger partial charge in [-0.05, 0) is 43.0 Å². The average Bonchev–Trinajstić information content (AvgIpc) is 2.90. The van der Waals surface area contributed by atoms with Crippen molar-refractivity contribution in [1.82, 2.24) is 5.32 Å². The lowest BCUT2D eigenvalue weighted by molar-refractivity contribution is -0.123. The number of hydrogen-bond donors (Lipinski definition) is 3. The molecule has 1 aliphatic rings. The smallest absolute Gasteiger partial charge is 0.343 e. The second-order valence-corrected chi connectivity index (χ2v) is 5.98. The molecule has 0 aromatic heterocycles. The predicted molar refractivity (Wildman–Crippen MR) is 90.6 cm³/mol. The molecule has 1 aromatic rings. The number of nitrogens with one attached hydrogen (secondary N) is 2. The highest BCUT2D eigenvalue weighted by molar-refractivity contribution is 5.95. The fourth-order valence-electron chi connectivity index (χ4n) is 2.76. The summed E-state index contributed by atoms with van der Waals surface area (Å²) in [5.41, 5.74) is 6.51. The molecule has 4 N–H and O–H groups in total. The van der Waals surface area contributed by atoms with Crippen molar-refractivity contribution in [2.75, 3.05) is 11.9 Å². The minimum absolute atomic E-state index is 0. The first-order valence-electron chi connectivity index (χ1n) is 7.75. The Morgan fingerprint density at radius 1 is 1.16 bits per heavy atom. The number of anilines is 1. The fourth-order valence-corrected chi connectivity index (χ4v) is 2.76. The normalized spacial score (nSPS) is 19.8. The summed E-state index contributed by atoms with van der Waals surface area (Å²) >= 11 is 0. The van der Waals surface area contributed by atoms with Gasteiger partial charge in [-0.15, -0.1) is 12.4 Å². The zero-order valence-electron chi connectivity index (χ0n) is 13.4. The SMILES string of the molecule is Cl.N[C@@H]1CCC[C@H]1CC(=O)Nc1ccc(C(=O)NCC(F)(F)F)cc1. The summed E-state index contributed by atoms with van der Waals surface area (Å²) < 4.78 is 36.2. The first-order valence-corrected chi connectivity index (χ1v) is 7.75. The number of rotatable bonds is 5. The number of nitrogens with two attached hydrogens (primary N) is 1. The lowest BCUT2D eigenvalue weighted by Crippen LogP contribution is -2.33. The Morgan fingerprint density at radius 2 is 1.80 bits per heavy atom. The molecule has 0 spiro atoms. The highest BCUT2D eigenvalue weighted by Crippen LogP contribution is 2.27. The third-order valence-corrected chi connectivity index (χ3v) is 4.05. The zero-order chi connectivity index (χ0) is 17.7. The van der Waals surface area contributed by atoms with Gasteiger partial charge in [0.25, 0.3) is 5.91 Å². The van der Waals surface area contributed by atoms with Crippen LogP contribution in [-0.4, -0.2) is 30.6 Å². The molecule has 0 unspecified atom stereocenters. The second kappa shape index (κ2) is 9.05. The molecular formula is C16H21ClF3N3O2.